The normalized spacial score (nSPS) is 15.7. The topological polar surface area (TPSA) is 0 Å². The van der Waals surface area contributed by atoms with Gasteiger partial charge in [-0.2, -0.15) is 0 Å². The predicted octanol–water partition coefficient (Wildman–Crippen LogP) is 5.06. The SMILES string of the molecule is C=CC(C)(C)CC(C)(C)C(C)=C1C=CC=C1. The Balaban J connectivity index is 2.94. The second kappa shape index (κ2) is 4.45. The van der Waals surface area contributed by atoms with Crippen molar-refractivity contribution in [1.82, 2.24) is 0 Å². The molecule has 0 saturated carbocycles. The molecule has 0 atom stereocenters. The van der Waals surface area contributed by atoms with Gasteiger partial charge in [0.2, 0.25) is 0 Å². The molecule has 88 valence electrons. The lowest BCUT2D eigenvalue weighted by molar-refractivity contribution is 0.280. The van der Waals surface area contributed by atoms with Crippen molar-refractivity contribution in [3.8, 4) is 0 Å². The average Bonchev–Trinajstić information content (AvgIpc) is 2.67. The predicted molar refractivity (Wildman–Crippen MR) is 73.4 cm³/mol. The molecule has 0 N–H and O–H groups in total. The minimum atomic E-state index is 0.192. The number of allylic oxidation sites excluding steroid dienone is 7. The molecular formula is C16H24. The van der Waals surface area contributed by atoms with Crippen molar-refractivity contribution in [2.24, 2.45) is 10.8 Å². The molecule has 0 nitrogen and oxygen atoms in total. The fourth-order valence-electron chi connectivity index (χ4n) is 2.36. The Morgan fingerprint density at radius 2 is 1.69 bits per heavy atom. The standard InChI is InChI=1S/C16H24/c1-7-15(3,4)12-16(5,6)13(2)14-10-8-9-11-14/h7-11H,1,12H2,2-6H3. The van der Waals surface area contributed by atoms with Crippen LogP contribution in [0.4, 0.5) is 0 Å². The number of rotatable bonds is 4. The fraction of sp³-hybridized carbons (Fsp3) is 0.500. The molecule has 0 aromatic heterocycles. The monoisotopic (exact) mass is 216 g/mol. The van der Waals surface area contributed by atoms with E-state index in [0.29, 0.717) is 0 Å². The Morgan fingerprint density at radius 3 is 2.12 bits per heavy atom. The van der Waals surface area contributed by atoms with Crippen molar-refractivity contribution in [2.45, 2.75) is 41.0 Å². The van der Waals surface area contributed by atoms with Crippen molar-refractivity contribution in [2.75, 3.05) is 0 Å². The number of hydrogen-bond acceptors (Lipinski definition) is 0. The molecule has 0 bridgehead atoms. The van der Waals surface area contributed by atoms with Gasteiger partial charge in [0, 0.05) is 0 Å². The zero-order valence-corrected chi connectivity index (χ0v) is 11.3. The summed E-state index contributed by atoms with van der Waals surface area (Å²) >= 11 is 0. The molecular weight excluding hydrogens is 192 g/mol. The van der Waals surface area contributed by atoms with Crippen LogP contribution in [0.2, 0.25) is 0 Å². The molecule has 1 rings (SSSR count). The van der Waals surface area contributed by atoms with E-state index in [9.17, 15) is 0 Å². The first-order chi connectivity index (χ1) is 7.28. The summed E-state index contributed by atoms with van der Waals surface area (Å²) in [6.45, 7) is 15.3. The summed E-state index contributed by atoms with van der Waals surface area (Å²) in [7, 11) is 0. The van der Waals surface area contributed by atoms with Crippen LogP contribution < -0.4 is 0 Å². The van der Waals surface area contributed by atoms with Crippen molar-refractivity contribution >= 4 is 0 Å². The Hall–Kier alpha value is -1.04. The van der Waals surface area contributed by atoms with Gasteiger partial charge in [0.25, 0.3) is 0 Å². The Bertz CT molecular complexity index is 345. The third-order valence-electron chi connectivity index (χ3n) is 3.56. The molecule has 16 heavy (non-hydrogen) atoms. The van der Waals surface area contributed by atoms with Gasteiger partial charge in [-0.1, -0.05) is 63.6 Å². The third-order valence-corrected chi connectivity index (χ3v) is 3.56. The first kappa shape index (κ1) is 13.0. The maximum atomic E-state index is 3.93. The second-order valence-corrected chi connectivity index (χ2v) is 6.05. The molecule has 0 radical (unpaired) electrons. The molecule has 0 aromatic rings. The van der Waals surface area contributed by atoms with Crippen LogP contribution in [0.25, 0.3) is 0 Å². The Kier molecular flexibility index (Phi) is 3.62. The van der Waals surface area contributed by atoms with Gasteiger partial charge in [-0.15, -0.1) is 6.58 Å². The highest BCUT2D eigenvalue weighted by atomic mass is 14.3. The summed E-state index contributed by atoms with van der Waals surface area (Å²) < 4.78 is 0. The smallest absolute Gasteiger partial charge is 0.0130 e. The molecule has 0 spiro atoms. The van der Waals surface area contributed by atoms with Crippen LogP contribution in [0.1, 0.15) is 41.0 Å². The lowest BCUT2D eigenvalue weighted by Gasteiger charge is -2.34. The summed E-state index contributed by atoms with van der Waals surface area (Å²) in [5.74, 6) is 0. The maximum absolute atomic E-state index is 3.93. The van der Waals surface area contributed by atoms with E-state index < -0.39 is 0 Å². The molecule has 1 aliphatic carbocycles. The molecule has 0 fully saturated rings. The van der Waals surface area contributed by atoms with Crippen molar-refractivity contribution < 1.29 is 0 Å². The Labute approximate surface area is 100 Å². The van der Waals surface area contributed by atoms with Gasteiger partial charge in [-0.3, -0.25) is 0 Å². The molecule has 0 unspecified atom stereocenters. The average molecular weight is 216 g/mol. The van der Waals surface area contributed by atoms with Gasteiger partial charge in [0.15, 0.2) is 0 Å². The summed E-state index contributed by atoms with van der Waals surface area (Å²) in [4.78, 5) is 0. The second-order valence-electron chi connectivity index (χ2n) is 6.05. The van der Waals surface area contributed by atoms with Crippen LogP contribution in [0.3, 0.4) is 0 Å². The molecule has 1 aliphatic rings. The van der Waals surface area contributed by atoms with Crippen LogP contribution in [-0.2, 0) is 0 Å². The molecule has 0 heteroatoms. The van der Waals surface area contributed by atoms with Crippen LogP contribution in [-0.4, -0.2) is 0 Å². The minimum Gasteiger partial charge on any atom is -0.103 e. The van der Waals surface area contributed by atoms with Crippen molar-refractivity contribution in [3.05, 3.63) is 48.1 Å². The first-order valence-corrected chi connectivity index (χ1v) is 5.98. The fourth-order valence-corrected chi connectivity index (χ4v) is 2.36. The number of hydrogen-bond donors (Lipinski definition) is 0. The zero-order valence-electron chi connectivity index (χ0n) is 11.3. The van der Waals surface area contributed by atoms with Gasteiger partial charge >= 0.3 is 0 Å². The highest BCUT2D eigenvalue weighted by Gasteiger charge is 2.29. The van der Waals surface area contributed by atoms with Crippen LogP contribution >= 0.6 is 0 Å². The summed E-state index contributed by atoms with van der Waals surface area (Å²) in [6.07, 6.45) is 11.8. The van der Waals surface area contributed by atoms with Gasteiger partial charge in [-0.05, 0) is 29.7 Å². The third kappa shape index (κ3) is 2.98. The van der Waals surface area contributed by atoms with E-state index in [1.807, 2.05) is 0 Å². The van der Waals surface area contributed by atoms with Crippen LogP contribution in [0.5, 0.6) is 0 Å². The van der Waals surface area contributed by atoms with Gasteiger partial charge in [0.05, 0.1) is 0 Å². The van der Waals surface area contributed by atoms with E-state index in [-0.39, 0.29) is 10.8 Å². The van der Waals surface area contributed by atoms with Crippen LogP contribution in [0.15, 0.2) is 48.1 Å². The quantitative estimate of drug-likeness (QED) is 0.576. The van der Waals surface area contributed by atoms with E-state index in [2.05, 4.69) is 71.6 Å². The highest BCUT2D eigenvalue weighted by Crippen LogP contribution is 2.41. The molecule has 0 aromatic carbocycles. The van der Waals surface area contributed by atoms with Crippen molar-refractivity contribution in [3.63, 3.8) is 0 Å². The van der Waals surface area contributed by atoms with E-state index in [4.69, 9.17) is 0 Å². The lowest BCUT2D eigenvalue weighted by Crippen LogP contribution is -2.23. The molecule has 0 heterocycles. The molecule has 0 aliphatic heterocycles. The maximum Gasteiger partial charge on any atom is -0.0130 e. The summed E-state index contributed by atoms with van der Waals surface area (Å²) in [6, 6.07) is 0. The van der Waals surface area contributed by atoms with Crippen molar-refractivity contribution in [1.29, 1.82) is 0 Å². The van der Waals surface area contributed by atoms with E-state index >= 15 is 0 Å². The largest absolute Gasteiger partial charge is 0.103 e. The molecule has 0 saturated heterocycles. The highest BCUT2D eigenvalue weighted by molar-refractivity contribution is 5.44. The summed E-state index contributed by atoms with van der Waals surface area (Å²) in [5.41, 5.74) is 3.24. The molecule has 0 amide bonds. The first-order valence-electron chi connectivity index (χ1n) is 5.98. The lowest BCUT2D eigenvalue weighted by atomic mass is 9.70. The zero-order chi connectivity index (χ0) is 12.4. The van der Waals surface area contributed by atoms with Gasteiger partial charge < -0.3 is 0 Å². The van der Waals surface area contributed by atoms with E-state index in [1.54, 1.807) is 0 Å². The van der Waals surface area contributed by atoms with Gasteiger partial charge in [0.1, 0.15) is 0 Å². The van der Waals surface area contributed by atoms with E-state index in [1.165, 1.54) is 11.1 Å². The van der Waals surface area contributed by atoms with Crippen LogP contribution in [0, 0.1) is 10.8 Å². The Morgan fingerprint density at radius 1 is 1.19 bits per heavy atom. The van der Waals surface area contributed by atoms with E-state index in [0.717, 1.165) is 6.42 Å². The van der Waals surface area contributed by atoms with Gasteiger partial charge in [-0.25, -0.2) is 0 Å². The minimum absolute atomic E-state index is 0.192. The summed E-state index contributed by atoms with van der Waals surface area (Å²) in [5, 5.41) is 0.